The van der Waals surface area contributed by atoms with Gasteiger partial charge >= 0.3 is 5.97 Å². The summed E-state index contributed by atoms with van der Waals surface area (Å²) < 4.78 is 1.77. The summed E-state index contributed by atoms with van der Waals surface area (Å²) in [5.74, 6) is 1.48. The molecule has 4 bridgehead atoms. The van der Waals surface area contributed by atoms with Crippen molar-refractivity contribution < 1.29 is 9.90 Å². The summed E-state index contributed by atoms with van der Waals surface area (Å²) in [5.41, 5.74) is 1.08. The van der Waals surface area contributed by atoms with Crippen LogP contribution in [0, 0.1) is 23.2 Å². The molecule has 3 heterocycles. The normalized spacial score (nSPS) is 34.5. The van der Waals surface area contributed by atoms with Crippen LogP contribution in [0.25, 0.3) is 11.0 Å². The van der Waals surface area contributed by atoms with Gasteiger partial charge in [-0.05, 0) is 93.2 Å². The van der Waals surface area contributed by atoms with Gasteiger partial charge in [0.1, 0.15) is 0 Å². The van der Waals surface area contributed by atoms with Gasteiger partial charge in [0.05, 0.1) is 11.0 Å². The van der Waals surface area contributed by atoms with Crippen molar-refractivity contribution in [3.05, 3.63) is 40.3 Å². The highest BCUT2D eigenvalue weighted by molar-refractivity contribution is 5.88. The number of hydrogen-bond acceptors (Lipinski definition) is 4. The minimum Gasteiger partial charge on any atom is -0.476 e. The van der Waals surface area contributed by atoms with Crippen LogP contribution < -0.4 is 5.56 Å². The van der Waals surface area contributed by atoms with Crippen molar-refractivity contribution >= 4 is 17.0 Å². The molecule has 2 saturated heterocycles. The van der Waals surface area contributed by atoms with Gasteiger partial charge in [0.25, 0.3) is 5.56 Å². The molecule has 3 saturated carbocycles. The van der Waals surface area contributed by atoms with Gasteiger partial charge in [-0.25, -0.2) is 9.78 Å². The molecule has 1 N–H and O–H groups in total. The number of benzene rings is 1. The molecule has 2 aliphatic heterocycles. The fourth-order valence-electron chi connectivity index (χ4n) is 8.30. The maximum absolute atomic E-state index is 13.3. The first-order chi connectivity index (χ1) is 16.3. The fraction of sp³-hybridized carbons (Fsp3) is 0.679. The topological polar surface area (TPSA) is 75.4 Å². The van der Waals surface area contributed by atoms with E-state index in [0.29, 0.717) is 23.0 Å². The summed E-state index contributed by atoms with van der Waals surface area (Å²) >= 11 is 0. The van der Waals surface area contributed by atoms with Gasteiger partial charge in [-0.3, -0.25) is 9.69 Å². The van der Waals surface area contributed by atoms with Crippen molar-refractivity contribution in [1.29, 1.82) is 0 Å². The van der Waals surface area contributed by atoms with E-state index in [1.807, 2.05) is 24.3 Å². The van der Waals surface area contributed by atoms with Crippen molar-refractivity contribution in [3.63, 3.8) is 0 Å². The third-order valence-electron chi connectivity index (χ3n) is 10.2. The Morgan fingerprint density at radius 2 is 1.79 bits per heavy atom. The molecule has 2 aromatic rings. The molecule has 0 spiro atoms. The maximum Gasteiger partial charge on any atom is 0.360 e. The Bertz CT molecular complexity index is 1160. The van der Waals surface area contributed by atoms with Gasteiger partial charge in [0.2, 0.25) is 5.69 Å². The first-order valence-electron chi connectivity index (χ1n) is 13.3. The van der Waals surface area contributed by atoms with E-state index in [-0.39, 0.29) is 11.7 Å². The largest absolute Gasteiger partial charge is 0.476 e. The summed E-state index contributed by atoms with van der Waals surface area (Å²) in [6.07, 6.45) is 11.0. The van der Waals surface area contributed by atoms with Crippen LogP contribution in [-0.4, -0.2) is 44.2 Å². The zero-order chi connectivity index (χ0) is 23.6. The van der Waals surface area contributed by atoms with Crippen LogP contribution in [0.4, 0.5) is 0 Å². The maximum atomic E-state index is 13.3. The molecule has 1 unspecified atom stereocenters. The Morgan fingerprint density at radius 3 is 2.47 bits per heavy atom. The zero-order valence-electron chi connectivity index (χ0n) is 20.4. The number of piperidine rings is 2. The highest BCUT2D eigenvalue weighted by atomic mass is 16.4. The number of carbonyl (C=O) groups is 1. The van der Waals surface area contributed by atoms with Crippen molar-refractivity contribution in [2.45, 2.75) is 89.8 Å². The summed E-state index contributed by atoms with van der Waals surface area (Å²) in [5, 5.41) is 9.62. The second kappa shape index (κ2) is 8.18. The van der Waals surface area contributed by atoms with Gasteiger partial charge in [-0.1, -0.05) is 32.4 Å². The molecule has 5 fully saturated rings. The number of hydrogen-bond donors (Lipinski definition) is 1. The molecule has 3 aliphatic carbocycles. The van der Waals surface area contributed by atoms with Crippen LogP contribution in [-0.2, 0) is 0 Å². The van der Waals surface area contributed by atoms with Crippen LogP contribution in [0.2, 0.25) is 0 Å². The van der Waals surface area contributed by atoms with Crippen molar-refractivity contribution in [2.24, 2.45) is 23.2 Å². The van der Waals surface area contributed by atoms with Gasteiger partial charge in [-0.2, -0.15) is 0 Å². The molecule has 0 radical (unpaired) electrons. The molecule has 6 nitrogen and oxygen atoms in total. The molecule has 1 aromatic heterocycles. The summed E-state index contributed by atoms with van der Waals surface area (Å²) in [6, 6.07) is 8.48. The van der Waals surface area contributed by atoms with Crippen molar-refractivity contribution in [2.75, 3.05) is 6.54 Å². The molecule has 6 heteroatoms. The molecule has 5 aliphatic rings. The predicted octanol–water partition coefficient (Wildman–Crippen LogP) is 5.12. The monoisotopic (exact) mass is 463 g/mol. The first kappa shape index (κ1) is 22.3. The molecule has 6 atom stereocenters. The highest BCUT2D eigenvalue weighted by Crippen LogP contribution is 2.62. The van der Waals surface area contributed by atoms with Crippen LogP contribution in [0.5, 0.6) is 0 Å². The number of aromatic nitrogens is 2. The van der Waals surface area contributed by atoms with E-state index < -0.39 is 11.5 Å². The summed E-state index contributed by atoms with van der Waals surface area (Å²) in [4.78, 5) is 32.0. The van der Waals surface area contributed by atoms with E-state index in [1.165, 1.54) is 51.5 Å². The molecular weight excluding hydrogens is 426 g/mol. The van der Waals surface area contributed by atoms with Crippen LogP contribution in [0.1, 0.15) is 88.2 Å². The average molecular weight is 464 g/mol. The van der Waals surface area contributed by atoms with E-state index in [4.69, 9.17) is 0 Å². The summed E-state index contributed by atoms with van der Waals surface area (Å²) in [7, 11) is 0. The van der Waals surface area contributed by atoms with Crippen LogP contribution >= 0.6 is 0 Å². The number of para-hydroxylation sites is 2. The van der Waals surface area contributed by atoms with E-state index >= 15 is 0 Å². The number of fused-ring (bicyclic) bond motifs is 5. The first-order valence-corrected chi connectivity index (χ1v) is 13.3. The Hall–Kier alpha value is -2.21. The van der Waals surface area contributed by atoms with Gasteiger partial charge in [0, 0.05) is 18.1 Å². The predicted molar refractivity (Wildman–Crippen MR) is 132 cm³/mol. The lowest BCUT2D eigenvalue weighted by Gasteiger charge is -2.60. The highest BCUT2D eigenvalue weighted by Gasteiger charge is 2.54. The Morgan fingerprint density at radius 1 is 1.06 bits per heavy atom. The number of nitrogens with zero attached hydrogens (tertiary/aromatic N) is 3. The average Bonchev–Trinajstić information content (AvgIpc) is 2.81. The molecule has 34 heavy (non-hydrogen) atoms. The second-order valence-corrected chi connectivity index (χ2v) is 12.0. The number of carboxylic acid groups (broad SMARTS) is 1. The van der Waals surface area contributed by atoms with E-state index in [0.717, 1.165) is 36.1 Å². The number of aromatic carboxylic acids is 1. The zero-order valence-corrected chi connectivity index (χ0v) is 20.4. The Labute approximate surface area is 201 Å². The quantitative estimate of drug-likeness (QED) is 0.666. The van der Waals surface area contributed by atoms with Crippen LogP contribution in [0.3, 0.4) is 0 Å². The lowest BCUT2D eigenvalue weighted by molar-refractivity contribution is -0.111. The Kier molecular flexibility index (Phi) is 5.36. The van der Waals surface area contributed by atoms with E-state index in [9.17, 15) is 14.7 Å². The minimum absolute atomic E-state index is 0.0334. The third kappa shape index (κ3) is 3.43. The number of rotatable bonds is 5. The molecule has 0 amide bonds. The lowest BCUT2D eigenvalue weighted by atomic mass is 9.45. The van der Waals surface area contributed by atoms with Crippen LogP contribution in [0.15, 0.2) is 29.1 Å². The van der Waals surface area contributed by atoms with Crippen molar-refractivity contribution in [3.8, 4) is 0 Å². The fourth-order valence-corrected chi connectivity index (χ4v) is 8.30. The van der Waals surface area contributed by atoms with E-state index in [2.05, 4.69) is 23.7 Å². The van der Waals surface area contributed by atoms with Crippen molar-refractivity contribution in [1.82, 2.24) is 14.5 Å². The minimum atomic E-state index is -1.24. The third-order valence-corrected chi connectivity index (χ3v) is 10.2. The second-order valence-electron chi connectivity index (χ2n) is 12.0. The van der Waals surface area contributed by atoms with E-state index in [1.54, 1.807) is 4.57 Å². The summed E-state index contributed by atoms with van der Waals surface area (Å²) in [6.45, 7) is 6.15. The van der Waals surface area contributed by atoms with Gasteiger partial charge in [0.15, 0.2) is 0 Å². The molecule has 7 rings (SSSR count). The molecule has 182 valence electrons. The lowest BCUT2D eigenvalue weighted by Crippen LogP contribution is -2.55. The van der Waals surface area contributed by atoms with Gasteiger partial charge in [-0.15, -0.1) is 0 Å². The molecule has 1 aromatic carbocycles. The standard InChI is InChI=1S/C28H37N3O3/c1-28(2)18-11-10-17(22(28)14-18)12-13-30-19-6-5-7-20(30)16-21(15-19)31-24-9-4-3-8-23(24)29-25(26(31)32)27(33)34/h3-4,8-9,17-22H,5-7,10-16H2,1-2H3,(H,33,34)/t17-,18-,19-,20+,21?,22-/m0/s1. The SMILES string of the molecule is CC1(C)[C@H]2CC[C@@H](CCN3[C@@H]4CCC[C@H]3CC(n3c(=O)c(C(=O)O)nc5ccccc53)C4)[C@@H]1C2. The van der Waals surface area contributed by atoms with Gasteiger partial charge < -0.3 is 9.67 Å². The number of carboxylic acids is 1. The molecular formula is C28H37N3O3. The Balaban J connectivity index is 1.24. The smallest absolute Gasteiger partial charge is 0.360 e.